The lowest BCUT2D eigenvalue weighted by Gasteiger charge is -2.22. The second-order valence-electron chi connectivity index (χ2n) is 8.96. The number of amides is 1. The van der Waals surface area contributed by atoms with Crippen LogP contribution in [0.25, 0.3) is 11.4 Å². The zero-order valence-corrected chi connectivity index (χ0v) is 22.2. The highest BCUT2D eigenvalue weighted by Crippen LogP contribution is 2.45. The van der Waals surface area contributed by atoms with Crippen molar-refractivity contribution >= 4 is 29.1 Å². The van der Waals surface area contributed by atoms with Gasteiger partial charge in [-0.05, 0) is 36.8 Å². The molecule has 1 aliphatic heterocycles. The summed E-state index contributed by atoms with van der Waals surface area (Å²) >= 11 is 12.6. The summed E-state index contributed by atoms with van der Waals surface area (Å²) in [6.45, 7) is 4.83. The molecule has 2 aromatic carbocycles. The number of carbonyl (C=O) groups excluding carboxylic acids is 1. The molecule has 1 aliphatic rings. The van der Waals surface area contributed by atoms with Gasteiger partial charge in [0.25, 0.3) is 5.91 Å². The number of halogens is 2. The first-order valence-electron chi connectivity index (χ1n) is 12.0. The summed E-state index contributed by atoms with van der Waals surface area (Å²) in [6.07, 6.45) is 3.21. The fourth-order valence-electron chi connectivity index (χ4n) is 4.84. The minimum atomic E-state index is -0.180. The second-order valence-corrected chi connectivity index (χ2v) is 9.78. The first-order valence-corrected chi connectivity index (χ1v) is 12.8. The minimum absolute atomic E-state index is 0.115. The summed E-state index contributed by atoms with van der Waals surface area (Å²) in [4.78, 5) is 24.0. The van der Waals surface area contributed by atoms with E-state index in [1.807, 2.05) is 19.1 Å². The Labute approximate surface area is 229 Å². The van der Waals surface area contributed by atoms with Gasteiger partial charge >= 0.3 is 0 Å². The average molecular weight is 548 g/mol. The predicted molar refractivity (Wildman–Crippen MR) is 142 cm³/mol. The van der Waals surface area contributed by atoms with E-state index < -0.39 is 0 Å². The van der Waals surface area contributed by atoms with Crippen molar-refractivity contribution in [1.82, 2.24) is 20.0 Å². The molecule has 0 bridgehead atoms. The van der Waals surface area contributed by atoms with Crippen LogP contribution in [-0.2, 0) is 0 Å². The molecule has 1 fully saturated rings. The molecule has 2 unspecified atom stereocenters. The summed E-state index contributed by atoms with van der Waals surface area (Å²) in [5.41, 5.74) is 3.37. The number of ether oxygens (including phenoxy) is 1. The van der Waals surface area contributed by atoms with E-state index in [2.05, 4.69) is 21.2 Å². The first kappa shape index (κ1) is 25.7. The van der Waals surface area contributed by atoms with Crippen LogP contribution in [0.4, 0.5) is 0 Å². The van der Waals surface area contributed by atoms with Gasteiger partial charge in [-0.25, -0.2) is 0 Å². The van der Waals surface area contributed by atoms with E-state index in [0.717, 1.165) is 16.7 Å². The molecule has 4 aromatic rings. The number of aromatic nitrogens is 3. The third kappa shape index (κ3) is 4.95. The van der Waals surface area contributed by atoms with Crippen molar-refractivity contribution in [3.63, 3.8) is 0 Å². The van der Waals surface area contributed by atoms with Gasteiger partial charge in [-0.15, -0.1) is 0 Å². The highest BCUT2D eigenvalue weighted by atomic mass is 35.5. The Morgan fingerprint density at radius 3 is 2.55 bits per heavy atom. The van der Waals surface area contributed by atoms with E-state index in [9.17, 15) is 10.1 Å². The largest absolute Gasteiger partial charge is 0.492 e. The van der Waals surface area contributed by atoms with Crippen LogP contribution in [0.5, 0.6) is 5.75 Å². The summed E-state index contributed by atoms with van der Waals surface area (Å²) in [5, 5.41) is 14.5. The maximum atomic E-state index is 13.6. The zero-order chi connectivity index (χ0) is 26.8. The fraction of sp³-hybridized carbons (Fsp3) is 0.250. The number of benzene rings is 2. The van der Waals surface area contributed by atoms with E-state index >= 15 is 0 Å². The molecule has 10 heteroatoms. The van der Waals surface area contributed by atoms with Crippen molar-refractivity contribution in [3.05, 3.63) is 93.0 Å². The lowest BCUT2D eigenvalue weighted by Crippen LogP contribution is -2.28. The molecule has 1 amide bonds. The quantitative estimate of drug-likeness (QED) is 0.289. The highest BCUT2D eigenvalue weighted by molar-refractivity contribution is 6.42. The predicted octanol–water partition coefficient (Wildman–Crippen LogP) is 6.04. The van der Waals surface area contributed by atoms with Crippen molar-refractivity contribution in [2.45, 2.75) is 25.7 Å². The Balaban J connectivity index is 1.50. The summed E-state index contributed by atoms with van der Waals surface area (Å²) < 4.78 is 11.0. The molecule has 3 heterocycles. The van der Waals surface area contributed by atoms with Gasteiger partial charge in [0.1, 0.15) is 17.4 Å². The maximum absolute atomic E-state index is 13.6. The van der Waals surface area contributed by atoms with E-state index in [0.29, 0.717) is 58.3 Å². The van der Waals surface area contributed by atoms with Crippen molar-refractivity contribution in [2.75, 3.05) is 19.7 Å². The van der Waals surface area contributed by atoms with Crippen molar-refractivity contribution in [2.24, 2.45) is 0 Å². The van der Waals surface area contributed by atoms with Crippen molar-refractivity contribution in [3.8, 4) is 23.2 Å². The van der Waals surface area contributed by atoms with Gasteiger partial charge in [-0.2, -0.15) is 10.2 Å². The zero-order valence-electron chi connectivity index (χ0n) is 20.7. The van der Waals surface area contributed by atoms with E-state index in [1.165, 1.54) is 6.20 Å². The molecule has 2 aromatic heterocycles. The highest BCUT2D eigenvalue weighted by Gasteiger charge is 2.39. The average Bonchev–Trinajstić information content (AvgIpc) is 3.57. The molecular weight excluding hydrogens is 525 g/mol. The minimum Gasteiger partial charge on any atom is -0.492 e. The van der Waals surface area contributed by atoms with Crippen LogP contribution in [0.15, 0.2) is 59.4 Å². The van der Waals surface area contributed by atoms with E-state index in [4.69, 9.17) is 32.5 Å². The number of carbonyl (C=O) groups is 1. The number of aryl methyl sites for hydroxylation is 1. The molecule has 5 rings (SSSR count). The van der Waals surface area contributed by atoms with Crippen molar-refractivity contribution in [1.29, 1.82) is 5.26 Å². The van der Waals surface area contributed by atoms with Crippen LogP contribution >= 0.6 is 23.2 Å². The first-order chi connectivity index (χ1) is 18.4. The molecular formula is C28H23Cl2N5O3. The summed E-state index contributed by atoms with van der Waals surface area (Å²) in [6, 6.07) is 14.8. The van der Waals surface area contributed by atoms with Gasteiger partial charge in [-0.3, -0.25) is 9.78 Å². The van der Waals surface area contributed by atoms with Gasteiger partial charge in [-0.1, -0.05) is 46.6 Å². The molecule has 0 N–H and O–H groups in total. The molecule has 2 atom stereocenters. The second kappa shape index (κ2) is 10.8. The number of rotatable bonds is 6. The standard InChI is InChI=1S/C28H23Cl2N5O3/c1-3-37-26-20(11-31)12-32-13-21(26)23-15-35(14-22(23)19-8-9-24(29)25(30)10-19)28(36)18-6-4-17(5-7-18)27-33-16(2)38-34-27/h4-10,12-13,22-23H,3,14-15H2,1-2H3. The van der Waals surface area contributed by atoms with Gasteiger partial charge in [0.2, 0.25) is 11.7 Å². The maximum Gasteiger partial charge on any atom is 0.253 e. The molecule has 38 heavy (non-hydrogen) atoms. The number of likely N-dealkylation sites (tertiary alicyclic amines) is 1. The molecule has 0 spiro atoms. The van der Waals surface area contributed by atoms with Crippen LogP contribution in [-0.4, -0.2) is 45.6 Å². The third-order valence-corrected chi connectivity index (χ3v) is 7.37. The Kier molecular flexibility index (Phi) is 7.32. The van der Waals surface area contributed by atoms with Crippen LogP contribution < -0.4 is 4.74 Å². The monoisotopic (exact) mass is 547 g/mol. The number of hydrogen-bond donors (Lipinski definition) is 0. The number of nitriles is 1. The molecule has 1 saturated heterocycles. The van der Waals surface area contributed by atoms with Gasteiger partial charge in [0.05, 0.1) is 16.7 Å². The van der Waals surface area contributed by atoms with Crippen LogP contribution in [0, 0.1) is 18.3 Å². The Morgan fingerprint density at radius 2 is 1.89 bits per heavy atom. The molecule has 0 radical (unpaired) electrons. The summed E-state index contributed by atoms with van der Waals surface area (Å²) in [7, 11) is 0. The topological polar surface area (TPSA) is 105 Å². The van der Waals surface area contributed by atoms with Crippen LogP contribution in [0.1, 0.15) is 51.7 Å². The Bertz CT molecular complexity index is 1530. The molecule has 0 aliphatic carbocycles. The van der Waals surface area contributed by atoms with E-state index in [-0.39, 0.29) is 17.7 Å². The lowest BCUT2D eigenvalue weighted by atomic mass is 9.84. The SMILES string of the molecule is CCOc1c(C#N)cncc1C1CN(C(=O)c2ccc(-c3noc(C)n3)cc2)CC1c1ccc(Cl)c(Cl)c1. The molecule has 192 valence electrons. The normalized spacial score (nSPS) is 16.9. The van der Waals surface area contributed by atoms with E-state index in [1.54, 1.807) is 48.4 Å². The van der Waals surface area contributed by atoms with Gasteiger partial charge in [0, 0.05) is 60.9 Å². The molecule has 0 saturated carbocycles. The van der Waals surface area contributed by atoms with Crippen LogP contribution in [0.3, 0.4) is 0 Å². The van der Waals surface area contributed by atoms with Crippen LogP contribution in [0.2, 0.25) is 10.0 Å². The smallest absolute Gasteiger partial charge is 0.253 e. The fourth-order valence-corrected chi connectivity index (χ4v) is 5.15. The number of pyridine rings is 1. The van der Waals surface area contributed by atoms with Gasteiger partial charge in [0.15, 0.2) is 0 Å². The number of hydrogen-bond acceptors (Lipinski definition) is 7. The lowest BCUT2D eigenvalue weighted by molar-refractivity contribution is 0.0789. The Morgan fingerprint density at radius 1 is 1.13 bits per heavy atom. The van der Waals surface area contributed by atoms with Crippen molar-refractivity contribution < 1.29 is 14.1 Å². The molecule has 8 nitrogen and oxygen atoms in total. The third-order valence-electron chi connectivity index (χ3n) is 6.63. The number of nitrogens with zero attached hydrogens (tertiary/aromatic N) is 5. The summed E-state index contributed by atoms with van der Waals surface area (Å²) in [5.74, 6) is 1.02. The Hall–Kier alpha value is -3.93. The van der Waals surface area contributed by atoms with Gasteiger partial charge < -0.3 is 14.2 Å².